The van der Waals surface area contributed by atoms with Crippen LogP contribution in [0.15, 0.2) is 18.2 Å². The van der Waals surface area contributed by atoms with Crippen molar-refractivity contribution < 1.29 is 4.79 Å². The Balaban J connectivity index is 1.66. The van der Waals surface area contributed by atoms with E-state index >= 15 is 0 Å². The summed E-state index contributed by atoms with van der Waals surface area (Å²) in [6.45, 7) is 9.28. The Morgan fingerprint density at radius 1 is 1.19 bits per heavy atom. The number of nitrogens with zero attached hydrogens (tertiary/aromatic N) is 2. The standard InChI is InChI=1S/C18H26N2O/c1-14-6-7-17(15(2)11-14)18(21)13-19-8-4-10-20-9-3-5-16(20)12-19/h6-7,11,16H,3-5,8-10,12-13H2,1-2H3. The second kappa shape index (κ2) is 6.29. The van der Waals surface area contributed by atoms with Crippen LogP contribution < -0.4 is 0 Å². The van der Waals surface area contributed by atoms with E-state index in [2.05, 4.69) is 22.8 Å². The highest BCUT2D eigenvalue weighted by atomic mass is 16.1. The summed E-state index contributed by atoms with van der Waals surface area (Å²) in [4.78, 5) is 17.6. The Bertz CT molecular complexity index is 526. The third-order valence-electron chi connectivity index (χ3n) is 4.94. The van der Waals surface area contributed by atoms with Crippen LogP contribution in [0, 0.1) is 13.8 Å². The highest BCUT2D eigenvalue weighted by Crippen LogP contribution is 2.21. The van der Waals surface area contributed by atoms with Crippen LogP contribution in [0.5, 0.6) is 0 Å². The topological polar surface area (TPSA) is 23.6 Å². The zero-order valence-corrected chi connectivity index (χ0v) is 13.3. The van der Waals surface area contributed by atoms with E-state index in [4.69, 9.17) is 0 Å². The fourth-order valence-corrected chi connectivity index (χ4v) is 3.84. The first-order valence-corrected chi connectivity index (χ1v) is 8.20. The average molecular weight is 286 g/mol. The molecule has 0 spiro atoms. The number of hydrogen-bond acceptors (Lipinski definition) is 3. The largest absolute Gasteiger partial charge is 0.299 e. The molecule has 2 aliphatic rings. The molecule has 2 fully saturated rings. The molecule has 1 aromatic rings. The average Bonchev–Trinajstić information content (AvgIpc) is 2.77. The first kappa shape index (κ1) is 14.7. The van der Waals surface area contributed by atoms with Crippen LogP contribution >= 0.6 is 0 Å². The summed E-state index contributed by atoms with van der Waals surface area (Å²) in [6.07, 6.45) is 3.81. The molecule has 1 unspecified atom stereocenters. The van der Waals surface area contributed by atoms with Gasteiger partial charge in [0.25, 0.3) is 0 Å². The maximum Gasteiger partial charge on any atom is 0.177 e. The first-order valence-electron chi connectivity index (χ1n) is 8.20. The lowest BCUT2D eigenvalue weighted by atomic mass is 10.0. The van der Waals surface area contributed by atoms with Crippen molar-refractivity contribution in [2.45, 2.75) is 39.2 Å². The molecule has 0 bridgehead atoms. The monoisotopic (exact) mass is 286 g/mol. The van der Waals surface area contributed by atoms with E-state index in [-0.39, 0.29) is 5.78 Å². The number of Topliss-reactive ketones (excluding diaryl/α,β-unsaturated/α-hetero) is 1. The van der Waals surface area contributed by atoms with Gasteiger partial charge in [-0.05, 0) is 58.3 Å². The normalized spacial score (nSPS) is 23.8. The molecule has 21 heavy (non-hydrogen) atoms. The van der Waals surface area contributed by atoms with Crippen molar-refractivity contribution in [2.24, 2.45) is 0 Å². The maximum absolute atomic E-state index is 12.6. The van der Waals surface area contributed by atoms with Crippen LogP contribution in [0.2, 0.25) is 0 Å². The van der Waals surface area contributed by atoms with Crippen molar-refractivity contribution in [1.82, 2.24) is 9.80 Å². The number of aryl methyl sites for hydroxylation is 2. The summed E-state index contributed by atoms with van der Waals surface area (Å²) >= 11 is 0. The lowest BCUT2D eigenvalue weighted by molar-refractivity contribution is 0.0924. The summed E-state index contributed by atoms with van der Waals surface area (Å²) in [5, 5.41) is 0. The van der Waals surface area contributed by atoms with Crippen LogP contribution in [0.25, 0.3) is 0 Å². The van der Waals surface area contributed by atoms with Crippen molar-refractivity contribution in [3.63, 3.8) is 0 Å². The minimum atomic E-state index is 0.277. The number of carbonyl (C=O) groups is 1. The molecular formula is C18H26N2O. The van der Waals surface area contributed by atoms with Crippen molar-refractivity contribution in [1.29, 1.82) is 0 Å². The molecule has 1 atom stereocenters. The SMILES string of the molecule is Cc1ccc(C(=O)CN2CCCN3CCCC3C2)c(C)c1. The lowest BCUT2D eigenvalue weighted by Gasteiger charge is -2.25. The van der Waals surface area contributed by atoms with E-state index in [1.807, 2.05) is 19.1 Å². The van der Waals surface area contributed by atoms with E-state index in [9.17, 15) is 4.79 Å². The van der Waals surface area contributed by atoms with Crippen LogP contribution in [0.3, 0.4) is 0 Å². The van der Waals surface area contributed by atoms with E-state index < -0.39 is 0 Å². The van der Waals surface area contributed by atoms with Crippen molar-refractivity contribution in [3.8, 4) is 0 Å². The Labute approximate surface area is 127 Å². The number of ketones is 1. The summed E-state index contributed by atoms with van der Waals surface area (Å²) in [6, 6.07) is 6.82. The maximum atomic E-state index is 12.6. The van der Waals surface area contributed by atoms with Gasteiger partial charge in [-0.2, -0.15) is 0 Å². The fraction of sp³-hybridized carbons (Fsp3) is 0.611. The molecule has 0 aromatic heterocycles. The van der Waals surface area contributed by atoms with Crippen LogP contribution in [-0.2, 0) is 0 Å². The molecule has 3 heteroatoms. The minimum absolute atomic E-state index is 0.277. The van der Waals surface area contributed by atoms with Crippen molar-refractivity contribution in [2.75, 3.05) is 32.7 Å². The third kappa shape index (κ3) is 3.35. The van der Waals surface area contributed by atoms with Gasteiger partial charge in [-0.25, -0.2) is 0 Å². The van der Waals surface area contributed by atoms with E-state index in [0.29, 0.717) is 12.6 Å². The van der Waals surface area contributed by atoms with Gasteiger partial charge in [-0.15, -0.1) is 0 Å². The van der Waals surface area contributed by atoms with Crippen molar-refractivity contribution in [3.05, 3.63) is 34.9 Å². The second-order valence-electron chi connectivity index (χ2n) is 6.66. The Hall–Kier alpha value is -1.19. The number of carbonyl (C=O) groups excluding carboxylic acids is 1. The molecule has 2 heterocycles. The van der Waals surface area contributed by atoms with E-state index in [0.717, 1.165) is 24.2 Å². The van der Waals surface area contributed by atoms with Gasteiger partial charge in [0.1, 0.15) is 0 Å². The fourth-order valence-electron chi connectivity index (χ4n) is 3.84. The van der Waals surface area contributed by atoms with Gasteiger partial charge in [0, 0.05) is 18.2 Å². The predicted molar refractivity (Wildman–Crippen MR) is 85.9 cm³/mol. The Morgan fingerprint density at radius 2 is 2.00 bits per heavy atom. The minimum Gasteiger partial charge on any atom is -0.299 e. The molecule has 0 radical (unpaired) electrons. The Kier molecular flexibility index (Phi) is 4.41. The molecule has 0 amide bonds. The molecule has 114 valence electrons. The summed E-state index contributed by atoms with van der Waals surface area (Å²) in [7, 11) is 0. The summed E-state index contributed by atoms with van der Waals surface area (Å²) in [5.74, 6) is 0.277. The Morgan fingerprint density at radius 3 is 2.81 bits per heavy atom. The molecule has 0 N–H and O–H groups in total. The zero-order chi connectivity index (χ0) is 14.8. The summed E-state index contributed by atoms with van der Waals surface area (Å²) < 4.78 is 0. The third-order valence-corrected chi connectivity index (χ3v) is 4.94. The number of benzene rings is 1. The molecule has 1 aromatic carbocycles. The van der Waals surface area contributed by atoms with Crippen LogP contribution in [-0.4, -0.2) is 54.3 Å². The van der Waals surface area contributed by atoms with Crippen molar-refractivity contribution >= 4 is 5.78 Å². The highest BCUT2D eigenvalue weighted by Gasteiger charge is 2.29. The van der Waals surface area contributed by atoms with E-state index in [1.54, 1.807) is 0 Å². The molecule has 2 saturated heterocycles. The van der Waals surface area contributed by atoms with Gasteiger partial charge in [-0.1, -0.05) is 23.8 Å². The molecule has 0 saturated carbocycles. The van der Waals surface area contributed by atoms with Gasteiger partial charge >= 0.3 is 0 Å². The van der Waals surface area contributed by atoms with Gasteiger partial charge in [0.2, 0.25) is 0 Å². The predicted octanol–water partition coefficient (Wildman–Crippen LogP) is 2.66. The molecule has 3 nitrogen and oxygen atoms in total. The van der Waals surface area contributed by atoms with Gasteiger partial charge in [0.15, 0.2) is 5.78 Å². The first-order chi connectivity index (χ1) is 10.1. The quantitative estimate of drug-likeness (QED) is 0.798. The number of rotatable bonds is 3. The van der Waals surface area contributed by atoms with Crippen LogP contribution in [0.4, 0.5) is 0 Å². The summed E-state index contributed by atoms with van der Waals surface area (Å²) in [5.41, 5.74) is 3.23. The second-order valence-corrected chi connectivity index (χ2v) is 6.66. The molecule has 3 rings (SSSR count). The molecule has 0 aliphatic carbocycles. The van der Waals surface area contributed by atoms with Gasteiger partial charge in [0.05, 0.1) is 6.54 Å². The van der Waals surface area contributed by atoms with E-state index in [1.165, 1.54) is 37.9 Å². The number of fused-ring (bicyclic) bond motifs is 1. The smallest absolute Gasteiger partial charge is 0.177 e. The molecule has 2 aliphatic heterocycles. The van der Waals surface area contributed by atoms with Gasteiger partial charge in [-0.3, -0.25) is 14.6 Å². The highest BCUT2D eigenvalue weighted by molar-refractivity contribution is 5.99. The molecular weight excluding hydrogens is 260 g/mol. The number of hydrogen-bond donors (Lipinski definition) is 0. The van der Waals surface area contributed by atoms with Gasteiger partial charge < -0.3 is 0 Å². The lowest BCUT2D eigenvalue weighted by Crippen LogP contribution is -2.38. The van der Waals surface area contributed by atoms with Crippen LogP contribution in [0.1, 0.15) is 40.7 Å². The zero-order valence-electron chi connectivity index (χ0n) is 13.3.